The molecule has 2 N–H and O–H groups in total. The second-order valence-electron chi connectivity index (χ2n) is 5.73. The Balaban J connectivity index is 1.67. The molecule has 0 saturated carbocycles. The lowest BCUT2D eigenvalue weighted by molar-refractivity contribution is 0.0963. The van der Waals surface area contributed by atoms with E-state index in [4.69, 9.17) is 4.52 Å². The summed E-state index contributed by atoms with van der Waals surface area (Å²) in [7, 11) is 3.67. The zero-order valence-electron chi connectivity index (χ0n) is 13.8. The second kappa shape index (κ2) is 7.37. The van der Waals surface area contributed by atoms with E-state index in [2.05, 4.69) is 32.7 Å². The molecule has 0 radical (unpaired) electrons. The van der Waals surface area contributed by atoms with Gasteiger partial charge >= 0.3 is 0 Å². The zero-order chi connectivity index (χ0) is 16.9. The molecule has 0 aliphatic carbocycles. The van der Waals surface area contributed by atoms with Gasteiger partial charge in [0.25, 0.3) is 11.8 Å². The van der Waals surface area contributed by atoms with Crippen molar-refractivity contribution in [3.63, 3.8) is 0 Å². The fourth-order valence-corrected chi connectivity index (χ4v) is 2.60. The third kappa shape index (κ3) is 3.69. The summed E-state index contributed by atoms with van der Waals surface area (Å²) in [6, 6.07) is 7.44. The summed E-state index contributed by atoms with van der Waals surface area (Å²) < 4.78 is 5.30. The second-order valence-corrected chi connectivity index (χ2v) is 5.73. The highest BCUT2D eigenvalue weighted by molar-refractivity contribution is 5.94. The first-order valence-corrected chi connectivity index (χ1v) is 7.92. The van der Waals surface area contributed by atoms with Gasteiger partial charge < -0.3 is 15.2 Å². The van der Waals surface area contributed by atoms with E-state index in [9.17, 15) is 4.79 Å². The molecular weight excluding hydrogens is 306 g/mol. The maximum Gasteiger partial charge on any atom is 0.251 e. The topological polar surface area (TPSA) is 83.3 Å². The molecule has 1 aliphatic heterocycles. The molecule has 1 aliphatic rings. The minimum Gasteiger partial charge on any atom is -0.355 e. The maximum atomic E-state index is 11.5. The highest BCUT2D eigenvalue weighted by Gasteiger charge is 2.24. The van der Waals surface area contributed by atoms with E-state index in [1.54, 1.807) is 25.3 Å². The van der Waals surface area contributed by atoms with Crippen LogP contribution < -0.4 is 10.6 Å². The summed E-state index contributed by atoms with van der Waals surface area (Å²) in [5.74, 6) is 1.07. The van der Waals surface area contributed by atoms with Gasteiger partial charge in [-0.3, -0.25) is 9.69 Å². The van der Waals surface area contributed by atoms with Crippen LogP contribution in [-0.2, 0) is 0 Å². The molecule has 1 unspecified atom stereocenters. The van der Waals surface area contributed by atoms with Gasteiger partial charge in [0.1, 0.15) is 0 Å². The molecule has 7 heteroatoms. The highest BCUT2D eigenvalue weighted by atomic mass is 16.5. The van der Waals surface area contributed by atoms with Gasteiger partial charge in [-0.05, 0) is 30.8 Å². The van der Waals surface area contributed by atoms with Crippen LogP contribution in [0.3, 0.4) is 0 Å². The Hall–Kier alpha value is -2.51. The molecule has 2 aromatic rings. The third-order valence-electron chi connectivity index (χ3n) is 4.08. The smallest absolute Gasteiger partial charge is 0.251 e. The normalized spacial score (nSPS) is 18.8. The first-order chi connectivity index (χ1) is 11.7. The highest BCUT2D eigenvalue weighted by Crippen LogP contribution is 2.18. The molecule has 1 aromatic carbocycles. The summed E-state index contributed by atoms with van der Waals surface area (Å²) in [5, 5.41) is 10.0. The van der Waals surface area contributed by atoms with Crippen LogP contribution in [0.25, 0.3) is 12.2 Å². The summed E-state index contributed by atoms with van der Waals surface area (Å²) in [4.78, 5) is 18.2. The number of piperazine rings is 1. The molecule has 1 fully saturated rings. The fraction of sp³-hybridized carbons (Fsp3) is 0.353. The van der Waals surface area contributed by atoms with Crippen molar-refractivity contribution in [1.29, 1.82) is 0 Å². The van der Waals surface area contributed by atoms with Crippen molar-refractivity contribution in [2.45, 2.75) is 6.04 Å². The number of hydrogen-bond donors (Lipinski definition) is 2. The first-order valence-electron chi connectivity index (χ1n) is 7.92. The Morgan fingerprint density at radius 1 is 1.38 bits per heavy atom. The van der Waals surface area contributed by atoms with E-state index in [-0.39, 0.29) is 11.9 Å². The molecule has 1 amide bonds. The molecule has 24 heavy (non-hydrogen) atoms. The number of aromatic nitrogens is 2. The average Bonchev–Trinajstić information content (AvgIpc) is 3.09. The van der Waals surface area contributed by atoms with Gasteiger partial charge in [-0.1, -0.05) is 17.3 Å². The Bertz CT molecular complexity index is 723. The third-order valence-corrected chi connectivity index (χ3v) is 4.08. The summed E-state index contributed by atoms with van der Waals surface area (Å²) >= 11 is 0. The molecule has 7 nitrogen and oxygen atoms in total. The van der Waals surface area contributed by atoms with Crippen molar-refractivity contribution >= 4 is 18.1 Å². The first kappa shape index (κ1) is 16.4. The Morgan fingerprint density at radius 2 is 2.17 bits per heavy atom. The summed E-state index contributed by atoms with van der Waals surface area (Å²) in [6.45, 7) is 2.76. The van der Waals surface area contributed by atoms with E-state index in [1.165, 1.54) is 0 Å². The Kier molecular flexibility index (Phi) is 5.02. The SMILES string of the molecule is CNC(=O)c1ccc(/C=C/c2nc(C3CNCCN3C)no2)cc1. The lowest BCUT2D eigenvalue weighted by Crippen LogP contribution is -2.44. The van der Waals surface area contributed by atoms with Gasteiger partial charge in [0.2, 0.25) is 0 Å². The van der Waals surface area contributed by atoms with E-state index < -0.39 is 0 Å². The van der Waals surface area contributed by atoms with Crippen molar-refractivity contribution in [2.24, 2.45) is 0 Å². The van der Waals surface area contributed by atoms with Gasteiger partial charge in [-0.25, -0.2) is 0 Å². The molecule has 126 valence electrons. The molecule has 1 atom stereocenters. The number of nitrogens with zero attached hydrogens (tertiary/aromatic N) is 3. The Morgan fingerprint density at radius 3 is 2.88 bits per heavy atom. The quantitative estimate of drug-likeness (QED) is 0.877. The molecule has 1 aromatic heterocycles. The lowest BCUT2D eigenvalue weighted by Gasteiger charge is -2.30. The van der Waals surface area contributed by atoms with E-state index in [1.807, 2.05) is 18.2 Å². The fourth-order valence-electron chi connectivity index (χ4n) is 2.60. The number of carbonyl (C=O) groups excluding carboxylic acids is 1. The minimum atomic E-state index is -0.0997. The van der Waals surface area contributed by atoms with Gasteiger partial charge in [-0.2, -0.15) is 4.98 Å². The van der Waals surface area contributed by atoms with Crippen LogP contribution in [0.5, 0.6) is 0 Å². The van der Waals surface area contributed by atoms with E-state index >= 15 is 0 Å². The molecule has 1 saturated heterocycles. The zero-order valence-corrected chi connectivity index (χ0v) is 13.8. The van der Waals surface area contributed by atoms with Crippen molar-refractivity contribution in [2.75, 3.05) is 33.7 Å². The van der Waals surface area contributed by atoms with Crippen LogP contribution >= 0.6 is 0 Å². The number of nitrogens with one attached hydrogen (secondary N) is 2. The molecule has 0 spiro atoms. The summed E-state index contributed by atoms with van der Waals surface area (Å²) in [6.07, 6.45) is 3.66. The largest absolute Gasteiger partial charge is 0.355 e. The summed E-state index contributed by atoms with van der Waals surface area (Å²) in [5.41, 5.74) is 1.58. The Labute approximate surface area is 140 Å². The van der Waals surface area contributed by atoms with Gasteiger partial charge in [0.15, 0.2) is 5.82 Å². The van der Waals surface area contributed by atoms with Gasteiger partial charge in [0, 0.05) is 38.3 Å². The van der Waals surface area contributed by atoms with E-state index in [0.717, 1.165) is 25.2 Å². The van der Waals surface area contributed by atoms with Crippen LogP contribution in [0.1, 0.15) is 33.7 Å². The number of carbonyl (C=O) groups is 1. The van der Waals surface area contributed by atoms with Crippen LogP contribution in [0, 0.1) is 0 Å². The van der Waals surface area contributed by atoms with Gasteiger partial charge in [-0.15, -0.1) is 0 Å². The molecule has 2 heterocycles. The lowest BCUT2D eigenvalue weighted by atomic mass is 10.1. The van der Waals surface area contributed by atoms with Crippen molar-refractivity contribution in [3.05, 3.63) is 47.1 Å². The standard InChI is InChI=1S/C17H21N5O2/c1-18-17(23)13-6-3-12(4-7-13)5-8-15-20-16(21-24-15)14-11-19-9-10-22(14)2/h3-8,14,19H,9-11H2,1-2H3,(H,18,23)/b8-5+. The number of amides is 1. The van der Waals surface area contributed by atoms with E-state index in [0.29, 0.717) is 17.3 Å². The van der Waals surface area contributed by atoms with Gasteiger partial charge in [0.05, 0.1) is 6.04 Å². The van der Waals surface area contributed by atoms with Crippen LogP contribution in [0.4, 0.5) is 0 Å². The average molecular weight is 327 g/mol. The van der Waals surface area contributed by atoms with Crippen LogP contribution in [0.2, 0.25) is 0 Å². The van der Waals surface area contributed by atoms with Crippen molar-refractivity contribution < 1.29 is 9.32 Å². The van der Waals surface area contributed by atoms with Crippen molar-refractivity contribution in [3.8, 4) is 0 Å². The molecule has 3 rings (SSSR count). The van der Waals surface area contributed by atoms with Crippen LogP contribution in [0.15, 0.2) is 28.8 Å². The predicted molar refractivity (Wildman–Crippen MR) is 91.3 cm³/mol. The predicted octanol–water partition coefficient (Wildman–Crippen LogP) is 1.18. The van der Waals surface area contributed by atoms with Crippen molar-refractivity contribution in [1.82, 2.24) is 25.7 Å². The number of likely N-dealkylation sites (N-methyl/N-ethyl adjacent to an activating group) is 1. The number of benzene rings is 1. The minimum absolute atomic E-state index is 0.0997. The molecular formula is C17H21N5O2. The number of rotatable bonds is 4. The number of hydrogen-bond acceptors (Lipinski definition) is 6. The maximum absolute atomic E-state index is 11.5. The van der Waals surface area contributed by atoms with Crippen LogP contribution in [-0.4, -0.2) is 54.7 Å². The monoisotopic (exact) mass is 327 g/mol. The molecule has 0 bridgehead atoms.